The van der Waals surface area contributed by atoms with Crippen molar-refractivity contribution in [1.82, 2.24) is 14.5 Å². The van der Waals surface area contributed by atoms with Crippen molar-refractivity contribution < 1.29 is 9.53 Å². The molecule has 0 aliphatic carbocycles. The molecule has 1 aliphatic heterocycles. The molecule has 27 heavy (non-hydrogen) atoms. The number of carbonyl (C=O) groups excluding carboxylic acids is 1. The zero-order chi connectivity index (χ0) is 19.2. The summed E-state index contributed by atoms with van der Waals surface area (Å²) in [6, 6.07) is 8.05. The summed E-state index contributed by atoms with van der Waals surface area (Å²) in [5.41, 5.74) is 1.18. The molecule has 1 aliphatic rings. The highest BCUT2D eigenvalue weighted by Crippen LogP contribution is 2.29. The van der Waals surface area contributed by atoms with Crippen LogP contribution in [-0.4, -0.2) is 40.1 Å². The number of hydrogen-bond acceptors (Lipinski definition) is 3. The first-order valence-corrected chi connectivity index (χ1v) is 10.1. The van der Waals surface area contributed by atoms with Crippen molar-refractivity contribution in [2.75, 3.05) is 19.7 Å². The maximum absolute atomic E-state index is 12.6. The Hall–Kier alpha value is -2.30. The maximum atomic E-state index is 12.6. The van der Waals surface area contributed by atoms with Crippen molar-refractivity contribution in [2.24, 2.45) is 0 Å². The second-order valence-corrected chi connectivity index (χ2v) is 7.36. The molecule has 0 spiro atoms. The number of ether oxygens (including phenoxy) is 1. The second-order valence-electron chi connectivity index (χ2n) is 7.36. The number of rotatable bonds is 7. The van der Waals surface area contributed by atoms with Crippen LogP contribution in [-0.2, 0) is 11.3 Å². The molecule has 1 atom stereocenters. The van der Waals surface area contributed by atoms with Crippen LogP contribution < -0.4 is 4.74 Å². The Morgan fingerprint density at radius 3 is 2.70 bits per heavy atom. The number of para-hydroxylation sites is 1. The largest absolute Gasteiger partial charge is 0.483 e. The van der Waals surface area contributed by atoms with Crippen LogP contribution in [0, 0.1) is 0 Å². The number of imidazole rings is 1. The summed E-state index contributed by atoms with van der Waals surface area (Å²) in [6.45, 7) is 9.10. The van der Waals surface area contributed by atoms with E-state index in [4.69, 9.17) is 4.74 Å². The average Bonchev–Trinajstić information content (AvgIpc) is 3.20. The van der Waals surface area contributed by atoms with E-state index in [0.29, 0.717) is 11.8 Å². The first kappa shape index (κ1) is 19.5. The number of piperidine rings is 1. The zero-order valence-corrected chi connectivity index (χ0v) is 16.7. The number of carbonyl (C=O) groups is 1. The Labute approximate surface area is 162 Å². The monoisotopic (exact) mass is 369 g/mol. The molecule has 1 saturated heterocycles. The Kier molecular flexibility index (Phi) is 6.54. The number of nitrogens with zero attached hydrogens (tertiary/aromatic N) is 3. The van der Waals surface area contributed by atoms with Gasteiger partial charge in [0.1, 0.15) is 11.6 Å². The van der Waals surface area contributed by atoms with E-state index in [1.807, 2.05) is 35.5 Å². The van der Waals surface area contributed by atoms with Crippen LogP contribution in [0.1, 0.15) is 63.3 Å². The summed E-state index contributed by atoms with van der Waals surface area (Å²) in [6.07, 6.45) is 6.89. The molecule has 3 rings (SSSR count). The predicted octanol–water partition coefficient (Wildman–Crippen LogP) is 4.20. The van der Waals surface area contributed by atoms with Crippen LogP contribution in [0.4, 0.5) is 0 Å². The summed E-state index contributed by atoms with van der Waals surface area (Å²) in [7, 11) is 0. The van der Waals surface area contributed by atoms with E-state index in [-0.39, 0.29) is 12.5 Å². The van der Waals surface area contributed by atoms with Gasteiger partial charge >= 0.3 is 0 Å². The van der Waals surface area contributed by atoms with E-state index in [1.54, 1.807) is 0 Å². The molecule has 146 valence electrons. The molecule has 5 nitrogen and oxygen atoms in total. The van der Waals surface area contributed by atoms with Crippen molar-refractivity contribution in [2.45, 2.75) is 58.4 Å². The zero-order valence-electron chi connectivity index (χ0n) is 16.7. The summed E-state index contributed by atoms with van der Waals surface area (Å²) in [4.78, 5) is 19.1. The SMILES string of the molecule is CC[C@H](C)c1ccccc1OCC(=O)N1CCC(c2nccn2CC)CC1. The number of hydrogen-bond donors (Lipinski definition) is 0. The molecule has 2 heterocycles. The molecule has 0 unspecified atom stereocenters. The van der Waals surface area contributed by atoms with Gasteiger partial charge in [0, 0.05) is 37.9 Å². The van der Waals surface area contributed by atoms with Crippen LogP contribution in [0.15, 0.2) is 36.7 Å². The lowest BCUT2D eigenvalue weighted by Gasteiger charge is -2.32. The topological polar surface area (TPSA) is 47.4 Å². The fourth-order valence-corrected chi connectivity index (χ4v) is 3.80. The van der Waals surface area contributed by atoms with Crippen LogP contribution in [0.2, 0.25) is 0 Å². The molecule has 2 aromatic rings. The Bertz CT molecular complexity index is 748. The minimum atomic E-state index is 0.0752. The van der Waals surface area contributed by atoms with E-state index >= 15 is 0 Å². The fourth-order valence-electron chi connectivity index (χ4n) is 3.80. The van der Waals surface area contributed by atoms with Crippen LogP contribution in [0.25, 0.3) is 0 Å². The second kappa shape index (κ2) is 9.07. The summed E-state index contributed by atoms with van der Waals surface area (Å²) in [5, 5.41) is 0. The molecule has 0 radical (unpaired) electrons. The van der Waals surface area contributed by atoms with Gasteiger partial charge in [-0.15, -0.1) is 0 Å². The molecule has 1 amide bonds. The quantitative estimate of drug-likeness (QED) is 0.735. The number of aromatic nitrogens is 2. The normalized spacial score (nSPS) is 16.3. The van der Waals surface area contributed by atoms with Crippen LogP contribution in [0.3, 0.4) is 0 Å². The van der Waals surface area contributed by atoms with E-state index in [9.17, 15) is 4.79 Å². The van der Waals surface area contributed by atoms with Crippen LogP contribution >= 0.6 is 0 Å². The van der Waals surface area contributed by atoms with Gasteiger partial charge in [-0.2, -0.15) is 0 Å². The van der Waals surface area contributed by atoms with Gasteiger partial charge < -0.3 is 14.2 Å². The predicted molar refractivity (Wildman–Crippen MR) is 107 cm³/mol. The molecule has 0 saturated carbocycles. The van der Waals surface area contributed by atoms with Crippen LogP contribution in [0.5, 0.6) is 5.75 Å². The van der Waals surface area contributed by atoms with Gasteiger partial charge in [-0.05, 0) is 43.7 Å². The summed E-state index contributed by atoms with van der Waals surface area (Å²) in [5.74, 6) is 2.93. The van der Waals surface area contributed by atoms with E-state index in [1.165, 1.54) is 5.56 Å². The van der Waals surface area contributed by atoms with Crippen molar-refractivity contribution in [3.05, 3.63) is 48.0 Å². The minimum Gasteiger partial charge on any atom is -0.483 e. The number of aryl methyl sites for hydroxylation is 1. The Balaban J connectivity index is 1.53. The van der Waals surface area contributed by atoms with Crippen molar-refractivity contribution in [3.8, 4) is 5.75 Å². The van der Waals surface area contributed by atoms with Gasteiger partial charge in [0.25, 0.3) is 5.91 Å². The third-order valence-electron chi connectivity index (χ3n) is 5.71. The number of likely N-dealkylation sites (tertiary alicyclic amines) is 1. The van der Waals surface area contributed by atoms with E-state index in [0.717, 1.165) is 50.5 Å². The summed E-state index contributed by atoms with van der Waals surface area (Å²) < 4.78 is 8.11. The first-order valence-electron chi connectivity index (χ1n) is 10.1. The smallest absolute Gasteiger partial charge is 0.260 e. The fraction of sp³-hybridized carbons (Fsp3) is 0.545. The third-order valence-corrected chi connectivity index (χ3v) is 5.71. The van der Waals surface area contributed by atoms with Crippen molar-refractivity contribution in [3.63, 3.8) is 0 Å². The highest BCUT2D eigenvalue weighted by molar-refractivity contribution is 5.78. The first-order chi connectivity index (χ1) is 13.1. The lowest BCUT2D eigenvalue weighted by Crippen LogP contribution is -2.40. The molecule has 0 bridgehead atoms. The molecule has 1 aromatic carbocycles. The standard InChI is InChI=1S/C22H31N3O2/c1-4-17(3)19-8-6-7-9-20(19)27-16-21(26)25-13-10-18(11-14-25)22-23-12-15-24(22)5-2/h6-9,12,15,17-18H,4-5,10-11,13-14,16H2,1-3H3/t17-/m0/s1. The molecular formula is C22H31N3O2. The molecule has 0 N–H and O–H groups in total. The highest BCUT2D eigenvalue weighted by atomic mass is 16.5. The number of benzene rings is 1. The number of amides is 1. The molecular weight excluding hydrogens is 338 g/mol. The third kappa shape index (κ3) is 4.52. The van der Waals surface area contributed by atoms with Gasteiger partial charge in [-0.1, -0.05) is 32.0 Å². The molecule has 1 aromatic heterocycles. The maximum Gasteiger partial charge on any atom is 0.260 e. The highest BCUT2D eigenvalue weighted by Gasteiger charge is 2.26. The van der Waals surface area contributed by atoms with Gasteiger partial charge in [0.05, 0.1) is 0 Å². The summed E-state index contributed by atoms with van der Waals surface area (Å²) >= 11 is 0. The Morgan fingerprint density at radius 2 is 2.00 bits per heavy atom. The van der Waals surface area contributed by atoms with Gasteiger partial charge in [0.15, 0.2) is 6.61 Å². The lowest BCUT2D eigenvalue weighted by molar-refractivity contribution is -0.134. The lowest BCUT2D eigenvalue weighted by atomic mass is 9.96. The van der Waals surface area contributed by atoms with E-state index in [2.05, 4.69) is 36.4 Å². The van der Waals surface area contributed by atoms with Gasteiger partial charge in [0.2, 0.25) is 0 Å². The molecule has 1 fully saturated rings. The van der Waals surface area contributed by atoms with Gasteiger partial charge in [-0.25, -0.2) is 4.98 Å². The minimum absolute atomic E-state index is 0.0752. The Morgan fingerprint density at radius 1 is 1.26 bits per heavy atom. The van der Waals surface area contributed by atoms with Gasteiger partial charge in [-0.3, -0.25) is 4.79 Å². The molecule has 5 heteroatoms. The van der Waals surface area contributed by atoms with Crippen molar-refractivity contribution >= 4 is 5.91 Å². The van der Waals surface area contributed by atoms with Crippen molar-refractivity contribution in [1.29, 1.82) is 0 Å². The average molecular weight is 370 g/mol. The van der Waals surface area contributed by atoms with E-state index < -0.39 is 0 Å².